The molecule has 0 aliphatic carbocycles. The molecule has 0 aromatic heterocycles. The second-order valence-corrected chi connectivity index (χ2v) is 7.98. The summed E-state index contributed by atoms with van der Waals surface area (Å²) in [5.41, 5.74) is 0.385. The third kappa shape index (κ3) is 3.78. The molecule has 1 amide bonds. The lowest BCUT2D eigenvalue weighted by atomic mass is 10.1. The number of carbonyl (C=O) groups is 1. The summed E-state index contributed by atoms with van der Waals surface area (Å²) in [7, 11) is -3.06. The van der Waals surface area contributed by atoms with Crippen LogP contribution in [0.1, 0.15) is 16.8 Å². The van der Waals surface area contributed by atoms with Crippen LogP contribution in [-0.4, -0.2) is 43.3 Å². The third-order valence-corrected chi connectivity index (χ3v) is 5.89. The third-order valence-electron chi connectivity index (χ3n) is 3.40. The summed E-state index contributed by atoms with van der Waals surface area (Å²) in [6.45, 7) is 3.92. The first-order valence-electron chi connectivity index (χ1n) is 6.41. The highest BCUT2D eigenvalue weighted by Gasteiger charge is 2.34. The molecule has 114 valence electrons. The molecular formula is C14H15Cl2NO3S. The Morgan fingerprint density at radius 2 is 2.10 bits per heavy atom. The molecular weight excluding hydrogens is 333 g/mol. The Morgan fingerprint density at radius 3 is 2.62 bits per heavy atom. The Balaban J connectivity index is 2.27. The van der Waals surface area contributed by atoms with Gasteiger partial charge in [-0.25, -0.2) is 8.42 Å². The van der Waals surface area contributed by atoms with Gasteiger partial charge in [-0.1, -0.05) is 29.3 Å². The predicted octanol–water partition coefficient (Wildman–Crippen LogP) is 2.81. The summed E-state index contributed by atoms with van der Waals surface area (Å²) in [6.07, 6.45) is 2.03. The van der Waals surface area contributed by atoms with Crippen LogP contribution in [0.25, 0.3) is 0 Å². The van der Waals surface area contributed by atoms with Gasteiger partial charge in [0.2, 0.25) is 0 Å². The fourth-order valence-electron chi connectivity index (χ4n) is 2.35. The molecule has 7 heteroatoms. The number of amides is 1. The second-order valence-electron chi connectivity index (χ2n) is 4.93. The van der Waals surface area contributed by atoms with Gasteiger partial charge in [0.15, 0.2) is 9.84 Å². The van der Waals surface area contributed by atoms with Gasteiger partial charge in [0, 0.05) is 18.2 Å². The molecule has 0 bridgehead atoms. The van der Waals surface area contributed by atoms with Crippen molar-refractivity contribution in [3.05, 3.63) is 46.5 Å². The monoisotopic (exact) mass is 347 g/mol. The molecule has 4 nitrogen and oxygen atoms in total. The van der Waals surface area contributed by atoms with Crippen LogP contribution in [0.2, 0.25) is 10.0 Å². The lowest BCUT2D eigenvalue weighted by Crippen LogP contribution is -2.41. The van der Waals surface area contributed by atoms with E-state index in [-0.39, 0.29) is 23.5 Å². The Hall–Kier alpha value is -1.04. The minimum atomic E-state index is -3.06. The van der Waals surface area contributed by atoms with Gasteiger partial charge >= 0.3 is 0 Å². The average molecular weight is 348 g/mol. The fraction of sp³-hybridized carbons (Fsp3) is 0.357. The van der Waals surface area contributed by atoms with Gasteiger partial charge in [0.1, 0.15) is 0 Å². The topological polar surface area (TPSA) is 54.5 Å². The highest BCUT2D eigenvalue weighted by Crippen LogP contribution is 2.25. The minimum absolute atomic E-state index is 0.00605. The number of sulfone groups is 1. The SMILES string of the molecule is C=CCN(C(=O)c1ccc(Cl)c(Cl)c1)[C@H]1CCS(=O)(=O)C1. The summed E-state index contributed by atoms with van der Waals surface area (Å²) < 4.78 is 23.2. The standard InChI is InChI=1S/C14H15Cl2NO3S/c1-2-6-17(11-5-7-21(19,20)9-11)14(18)10-3-4-12(15)13(16)8-10/h2-4,8,11H,1,5-7,9H2/t11-/m0/s1. The van der Waals surface area contributed by atoms with E-state index in [1.54, 1.807) is 18.2 Å². The smallest absolute Gasteiger partial charge is 0.254 e. The fourth-order valence-corrected chi connectivity index (χ4v) is 4.38. The van der Waals surface area contributed by atoms with Gasteiger partial charge in [-0.15, -0.1) is 6.58 Å². The van der Waals surface area contributed by atoms with E-state index in [1.807, 2.05) is 0 Å². The van der Waals surface area contributed by atoms with Gasteiger partial charge in [-0.2, -0.15) is 0 Å². The van der Waals surface area contributed by atoms with Crippen molar-refractivity contribution in [3.8, 4) is 0 Å². The number of hydrogen-bond acceptors (Lipinski definition) is 3. The molecule has 1 aliphatic heterocycles. The van der Waals surface area contributed by atoms with Crippen LogP contribution in [0.4, 0.5) is 0 Å². The van der Waals surface area contributed by atoms with Crippen molar-refractivity contribution < 1.29 is 13.2 Å². The van der Waals surface area contributed by atoms with Crippen LogP contribution in [0.15, 0.2) is 30.9 Å². The molecule has 21 heavy (non-hydrogen) atoms. The number of carbonyl (C=O) groups excluding carboxylic acids is 1. The van der Waals surface area contributed by atoms with Crippen LogP contribution < -0.4 is 0 Å². The van der Waals surface area contributed by atoms with Gasteiger partial charge in [-0.05, 0) is 24.6 Å². The Morgan fingerprint density at radius 1 is 1.38 bits per heavy atom. The summed E-state index contributed by atoms with van der Waals surface area (Å²) >= 11 is 11.8. The number of nitrogens with zero attached hydrogens (tertiary/aromatic N) is 1. The van der Waals surface area contributed by atoms with Crippen molar-refractivity contribution >= 4 is 38.9 Å². The zero-order chi connectivity index (χ0) is 15.6. The Kier molecular flexibility index (Phi) is 4.96. The largest absolute Gasteiger partial charge is 0.331 e. The lowest BCUT2D eigenvalue weighted by Gasteiger charge is -2.27. The molecule has 1 aromatic carbocycles. The first kappa shape index (κ1) is 16.3. The van der Waals surface area contributed by atoms with Crippen molar-refractivity contribution in [1.82, 2.24) is 4.90 Å². The maximum Gasteiger partial charge on any atom is 0.254 e. The van der Waals surface area contributed by atoms with Gasteiger partial charge in [0.25, 0.3) is 5.91 Å². The summed E-state index contributed by atoms with van der Waals surface area (Å²) in [5, 5.41) is 0.659. The number of hydrogen-bond donors (Lipinski definition) is 0. The minimum Gasteiger partial charge on any atom is -0.331 e. The summed E-state index contributed by atoms with van der Waals surface area (Å²) in [6, 6.07) is 4.30. The van der Waals surface area contributed by atoms with Crippen LogP contribution in [0.5, 0.6) is 0 Å². The molecule has 0 N–H and O–H groups in total. The van der Waals surface area contributed by atoms with Gasteiger partial charge in [-0.3, -0.25) is 4.79 Å². The number of rotatable bonds is 4. The van der Waals surface area contributed by atoms with Crippen molar-refractivity contribution in [2.75, 3.05) is 18.1 Å². The number of benzene rings is 1. The molecule has 1 atom stereocenters. The maximum atomic E-state index is 12.6. The normalized spacial score (nSPS) is 20.2. The van der Waals surface area contributed by atoms with Gasteiger partial charge in [0.05, 0.1) is 21.6 Å². The zero-order valence-electron chi connectivity index (χ0n) is 11.3. The van der Waals surface area contributed by atoms with E-state index in [1.165, 1.54) is 11.0 Å². The molecule has 1 aliphatic rings. The average Bonchev–Trinajstić information content (AvgIpc) is 2.78. The van der Waals surface area contributed by atoms with E-state index < -0.39 is 9.84 Å². The highest BCUT2D eigenvalue weighted by atomic mass is 35.5. The Labute approximate surface area is 134 Å². The molecule has 0 saturated carbocycles. The highest BCUT2D eigenvalue weighted by molar-refractivity contribution is 7.91. The van der Waals surface area contributed by atoms with Gasteiger partial charge < -0.3 is 4.90 Å². The summed E-state index contributed by atoms with van der Waals surface area (Å²) in [4.78, 5) is 14.1. The number of halogens is 2. The van der Waals surface area contributed by atoms with Crippen LogP contribution in [-0.2, 0) is 9.84 Å². The molecule has 1 saturated heterocycles. The summed E-state index contributed by atoms with van der Waals surface area (Å²) in [5.74, 6) is -0.163. The zero-order valence-corrected chi connectivity index (χ0v) is 13.6. The van der Waals surface area contributed by atoms with E-state index in [0.717, 1.165) is 0 Å². The molecule has 2 rings (SSSR count). The first-order valence-corrected chi connectivity index (χ1v) is 8.99. The van der Waals surface area contributed by atoms with E-state index >= 15 is 0 Å². The van der Waals surface area contributed by atoms with Crippen LogP contribution >= 0.6 is 23.2 Å². The molecule has 1 heterocycles. The molecule has 1 fully saturated rings. The van der Waals surface area contributed by atoms with E-state index in [9.17, 15) is 13.2 Å². The lowest BCUT2D eigenvalue weighted by molar-refractivity contribution is 0.0720. The van der Waals surface area contributed by atoms with Crippen molar-refractivity contribution in [2.45, 2.75) is 12.5 Å². The molecule has 0 unspecified atom stereocenters. The maximum absolute atomic E-state index is 12.6. The molecule has 1 aromatic rings. The first-order chi connectivity index (χ1) is 9.84. The van der Waals surface area contributed by atoms with Crippen molar-refractivity contribution in [1.29, 1.82) is 0 Å². The van der Waals surface area contributed by atoms with E-state index in [2.05, 4.69) is 6.58 Å². The molecule has 0 radical (unpaired) electrons. The quantitative estimate of drug-likeness (QED) is 0.787. The predicted molar refractivity (Wildman–Crippen MR) is 84.8 cm³/mol. The van der Waals surface area contributed by atoms with Crippen molar-refractivity contribution in [3.63, 3.8) is 0 Å². The Bertz CT molecular complexity index is 673. The second kappa shape index (κ2) is 6.38. The van der Waals surface area contributed by atoms with E-state index in [4.69, 9.17) is 23.2 Å². The van der Waals surface area contributed by atoms with Crippen molar-refractivity contribution in [2.24, 2.45) is 0 Å². The molecule has 0 spiro atoms. The van der Waals surface area contributed by atoms with Crippen LogP contribution in [0.3, 0.4) is 0 Å². The van der Waals surface area contributed by atoms with E-state index in [0.29, 0.717) is 28.6 Å². The van der Waals surface area contributed by atoms with Crippen LogP contribution in [0, 0.1) is 0 Å².